The molecule has 0 atom stereocenters. The van der Waals surface area contributed by atoms with Crippen LogP contribution in [-0.4, -0.2) is 9.55 Å². The van der Waals surface area contributed by atoms with Gasteiger partial charge in [-0.1, -0.05) is 32.1 Å². The number of aromatic nitrogens is 2. The summed E-state index contributed by atoms with van der Waals surface area (Å²) in [5.74, 6) is 1.43. The molecule has 0 bridgehead atoms. The molecule has 2 rings (SSSR count). The van der Waals surface area contributed by atoms with E-state index in [4.69, 9.17) is 5.73 Å². The summed E-state index contributed by atoms with van der Waals surface area (Å²) in [6, 6.07) is 5.07. The first-order chi connectivity index (χ1) is 9.45. The molecule has 0 spiro atoms. The van der Waals surface area contributed by atoms with Gasteiger partial charge in [-0.3, -0.25) is 0 Å². The molecule has 0 saturated heterocycles. The maximum absolute atomic E-state index is 13.7. The van der Waals surface area contributed by atoms with Crippen molar-refractivity contribution in [3.05, 3.63) is 48.1 Å². The van der Waals surface area contributed by atoms with Gasteiger partial charge in [-0.25, -0.2) is 9.37 Å². The van der Waals surface area contributed by atoms with E-state index in [1.165, 1.54) is 6.07 Å². The molecule has 0 saturated carbocycles. The fourth-order valence-electron chi connectivity index (χ4n) is 2.20. The van der Waals surface area contributed by atoms with Crippen LogP contribution in [0.3, 0.4) is 0 Å². The molecule has 2 N–H and O–H groups in total. The first-order valence-electron chi connectivity index (χ1n) is 6.69. The summed E-state index contributed by atoms with van der Waals surface area (Å²) in [4.78, 5) is 4.59. The summed E-state index contributed by atoms with van der Waals surface area (Å²) in [5.41, 5.74) is 8.13. The molecule has 0 aliphatic rings. The van der Waals surface area contributed by atoms with Crippen molar-refractivity contribution < 1.29 is 4.39 Å². The Labute approximate surface area is 118 Å². The van der Waals surface area contributed by atoms with Crippen molar-refractivity contribution in [2.75, 3.05) is 5.73 Å². The Bertz CT molecular complexity index is 641. The van der Waals surface area contributed by atoms with Crippen LogP contribution < -0.4 is 5.73 Å². The molecule has 1 aromatic carbocycles. The monoisotopic (exact) mass is 273 g/mol. The molecule has 0 aliphatic carbocycles. The number of anilines is 1. The quantitative estimate of drug-likeness (QED) is 0.859. The highest BCUT2D eigenvalue weighted by molar-refractivity contribution is 5.71. The Balaban J connectivity index is 2.59. The average molecular weight is 273 g/mol. The van der Waals surface area contributed by atoms with Crippen LogP contribution in [0.2, 0.25) is 0 Å². The third-order valence-electron chi connectivity index (χ3n) is 3.31. The summed E-state index contributed by atoms with van der Waals surface area (Å²) >= 11 is 0. The van der Waals surface area contributed by atoms with Gasteiger partial charge in [-0.2, -0.15) is 0 Å². The Morgan fingerprint density at radius 2 is 2.15 bits per heavy atom. The summed E-state index contributed by atoms with van der Waals surface area (Å²) < 4.78 is 15.6. The Kier molecular flexibility index (Phi) is 3.93. The van der Waals surface area contributed by atoms with E-state index in [0.717, 1.165) is 5.82 Å². The van der Waals surface area contributed by atoms with Gasteiger partial charge in [-0.15, -0.1) is 6.58 Å². The summed E-state index contributed by atoms with van der Waals surface area (Å²) in [6.07, 6.45) is 1.78. The van der Waals surface area contributed by atoms with Crippen molar-refractivity contribution in [1.29, 1.82) is 0 Å². The molecule has 0 amide bonds. The normalized spacial score (nSPS) is 11.1. The minimum absolute atomic E-state index is 0.237. The minimum atomic E-state index is -0.244. The van der Waals surface area contributed by atoms with E-state index in [-0.39, 0.29) is 11.7 Å². The molecule has 20 heavy (non-hydrogen) atoms. The van der Waals surface area contributed by atoms with Gasteiger partial charge in [0.2, 0.25) is 0 Å². The number of halogens is 1. The third kappa shape index (κ3) is 2.46. The highest BCUT2D eigenvalue weighted by Crippen LogP contribution is 2.30. The topological polar surface area (TPSA) is 43.8 Å². The average Bonchev–Trinajstić information content (AvgIpc) is 2.72. The standard InChI is InChI=1S/C16H20FN3/c1-5-8-20-15(18)14(19-16(20)10(2)3)12-7-6-11(4)13(17)9-12/h5-7,9-10H,1,8,18H2,2-4H3. The van der Waals surface area contributed by atoms with Gasteiger partial charge in [0.1, 0.15) is 23.2 Å². The highest BCUT2D eigenvalue weighted by atomic mass is 19.1. The number of allylic oxidation sites excluding steroid dienone is 1. The third-order valence-corrected chi connectivity index (χ3v) is 3.31. The Morgan fingerprint density at radius 3 is 2.70 bits per heavy atom. The van der Waals surface area contributed by atoms with Crippen LogP contribution >= 0.6 is 0 Å². The summed E-state index contributed by atoms with van der Waals surface area (Å²) in [6.45, 7) is 10.2. The van der Waals surface area contributed by atoms with Crippen LogP contribution in [0.4, 0.5) is 10.2 Å². The minimum Gasteiger partial charge on any atom is -0.383 e. The molecule has 106 valence electrons. The van der Waals surface area contributed by atoms with Crippen molar-refractivity contribution >= 4 is 5.82 Å². The van der Waals surface area contributed by atoms with Crippen LogP contribution in [0.1, 0.15) is 31.2 Å². The number of nitrogen functional groups attached to an aromatic ring is 1. The molecule has 0 fully saturated rings. The van der Waals surface area contributed by atoms with Crippen molar-refractivity contribution in [2.24, 2.45) is 0 Å². The number of benzene rings is 1. The van der Waals surface area contributed by atoms with E-state index in [1.54, 1.807) is 19.1 Å². The molecule has 3 nitrogen and oxygen atoms in total. The first kappa shape index (κ1) is 14.3. The van der Waals surface area contributed by atoms with Gasteiger partial charge in [0, 0.05) is 18.0 Å². The predicted molar refractivity (Wildman–Crippen MR) is 81.1 cm³/mol. The molecule has 4 heteroatoms. The summed E-state index contributed by atoms with van der Waals surface area (Å²) in [7, 11) is 0. The van der Waals surface area contributed by atoms with Crippen molar-refractivity contribution in [3.8, 4) is 11.3 Å². The molecule has 2 aromatic rings. The number of hydrogen-bond donors (Lipinski definition) is 1. The van der Waals surface area contributed by atoms with Gasteiger partial charge in [-0.05, 0) is 18.6 Å². The lowest BCUT2D eigenvalue weighted by Gasteiger charge is -2.09. The van der Waals surface area contributed by atoms with Crippen LogP contribution in [-0.2, 0) is 6.54 Å². The van der Waals surface area contributed by atoms with Crippen molar-refractivity contribution in [2.45, 2.75) is 33.2 Å². The molecule has 0 aliphatic heterocycles. The van der Waals surface area contributed by atoms with E-state index in [2.05, 4.69) is 25.4 Å². The number of nitrogens with two attached hydrogens (primary N) is 1. The zero-order chi connectivity index (χ0) is 14.9. The van der Waals surface area contributed by atoms with E-state index in [0.29, 0.717) is 29.2 Å². The largest absolute Gasteiger partial charge is 0.383 e. The molecular formula is C16H20FN3. The SMILES string of the molecule is C=CCn1c(C(C)C)nc(-c2ccc(C)c(F)c2)c1N. The second kappa shape index (κ2) is 5.49. The van der Waals surface area contributed by atoms with Gasteiger partial charge in [0.25, 0.3) is 0 Å². The fourth-order valence-corrected chi connectivity index (χ4v) is 2.20. The number of aryl methyl sites for hydroxylation is 1. The lowest BCUT2D eigenvalue weighted by Crippen LogP contribution is -2.07. The van der Waals surface area contributed by atoms with Gasteiger partial charge in [0.15, 0.2) is 0 Å². The van der Waals surface area contributed by atoms with E-state index < -0.39 is 0 Å². The number of imidazole rings is 1. The number of nitrogens with zero attached hydrogens (tertiary/aromatic N) is 2. The summed E-state index contributed by atoms with van der Waals surface area (Å²) in [5, 5.41) is 0. The zero-order valence-electron chi connectivity index (χ0n) is 12.2. The molecule has 0 radical (unpaired) electrons. The highest BCUT2D eigenvalue weighted by Gasteiger charge is 2.18. The van der Waals surface area contributed by atoms with E-state index in [1.807, 2.05) is 10.6 Å². The molecule has 1 heterocycles. The maximum atomic E-state index is 13.7. The van der Waals surface area contributed by atoms with Crippen LogP contribution in [0, 0.1) is 12.7 Å². The molecular weight excluding hydrogens is 253 g/mol. The lowest BCUT2D eigenvalue weighted by atomic mass is 10.1. The van der Waals surface area contributed by atoms with Crippen LogP contribution in [0.15, 0.2) is 30.9 Å². The Morgan fingerprint density at radius 1 is 1.45 bits per heavy atom. The molecule has 0 unspecified atom stereocenters. The van der Waals surface area contributed by atoms with Gasteiger partial charge < -0.3 is 10.3 Å². The predicted octanol–water partition coefficient (Wildman–Crippen LogP) is 3.89. The fraction of sp³-hybridized carbons (Fsp3) is 0.312. The van der Waals surface area contributed by atoms with Crippen molar-refractivity contribution in [1.82, 2.24) is 9.55 Å². The molecule has 1 aromatic heterocycles. The van der Waals surface area contributed by atoms with E-state index >= 15 is 0 Å². The Hall–Kier alpha value is -2.10. The maximum Gasteiger partial charge on any atom is 0.132 e. The van der Waals surface area contributed by atoms with Crippen LogP contribution in [0.5, 0.6) is 0 Å². The van der Waals surface area contributed by atoms with E-state index in [9.17, 15) is 4.39 Å². The van der Waals surface area contributed by atoms with Gasteiger partial charge >= 0.3 is 0 Å². The zero-order valence-corrected chi connectivity index (χ0v) is 12.2. The second-order valence-electron chi connectivity index (χ2n) is 5.22. The van der Waals surface area contributed by atoms with Crippen LogP contribution in [0.25, 0.3) is 11.3 Å². The smallest absolute Gasteiger partial charge is 0.132 e. The number of rotatable bonds is 4. The lowest BCUT2D eigenvalue weighted by molar-refractivity contribution is 0.619. The van der Waals surface area contributed by atoms with Gasteiger partial charge in [0.05, 0.1) is 0 Å². The first-order valence-corrected chi connectivity index (χ1v) is 6.69. The van der Waals surface area contributed by atoms with Crippen molar-refractivity contribution in [3.63, 3.8) is 0 Å². The second-order valence-corrected chi connectivity index (χ2v) is 5.22. The number of hydrogen-bond acceptors (Lipinski definition) is 2.